The Kier molecular flexibility index (Phi) is 4.21. The molecule has 0 aliphatic carbocycles. The lowest BCUT2D eigenvalue weighted by Crippen LogP contribution is -2.21. The third-order valence-corrected chi connectivity index (χ3v) is 2.46. The molecule has 0 bridgehead atoms. The summed E-state index contributed by atoms with van der Waals surface area (Å²) in [6.07, 6.45) is -4.42. The van der Waals surface area contributed by atoms with Crippen molar-refractivity contribution in [1.82, 2.24) is 0 Å². The average molecular weight is 298 g/mol. The lowest BCUT2D eigenvalue weighted by molar-refractivity contribution is -0.137. The zero-order chi connectivity index (χ0) is 12.3. The van der Waals surface area contributed by atoms with Crippen molar-refractivity contribution in [3.8, 4) is 0 Å². The Hall–Kier alpha value is -0.750. The van der Waals surface area contributed by atoms with E-state index in [1.54, 1.807) is 6.92 Å². The summed E-state index contributed by atoms with van der Waals surface area (Å²) in [5.41, 5.74) is -0.778. The van der Waals surface area contributed by atoms with Crippen molar-refractivity contribution in [2.24, 2.45) is 0 Å². The van der Waals surface area contributed by atoms with E-state index in [2.05, 4.69) is 21.2 Å². The molecule has 0 aliphatic rings. The van der Waals surface area contributed by atoms with E-state index in [0.717, 1.165) is 6.07 Å². The number of anilines is 1. The van der Waals surface area contributed by atoms with Crippen LogP contribution in [0, 0.1) is 0 Å². The number of hydrogen-bond donors (Lipinski definition) is 2. The molecular weight excluding hydrogens is 287 g/mol. The molecule has 0 radical (unpaired) electrons. The highest BCUT2D eigenvalue weighted by Crippen LogP contribution is 2.36. The minimum Gasteiger partial charge on any atom is -0.394 e. The van der Waals surface area contributed by atoms with Gasteiger partial charge in [-0.2, -0.15) is 13.2 Å². The minimum atomic E-state index is -4.42. The van der Waals surface area contributed by atoms with E-state index in [9.17, 15) is 13.2 Å². The largest absolute Gasteiger partial charge is 0.418 e. The molecule has 0 fully saturated rings. The van der Waals surface area contributed by atoms with E-state index >= 15 is 0 Å². The summed E-state index contributed by atoms with van der Waals surface area (Å²) in [7, 11) is 0. The van der Waals surface area contributed by atoms with Crippen LogP contribution < -0.4 is 5.32 Å². The van der Waals surface area contributed by atoms with Gasteiger partial charge in [-0.15, -0.1) is 0 Å². The van der Waals surface area contributed by atoms with E-state index < -0.39 is 17.8 Å². The first-order valence-electron chi connectivity index (χ1n) is 4.58. The van der Waals surface area contributed by atoms with Crippen molar-refractivity contribution in [2.45, 2.75) is 19.1 Å². The maximum Gasteiger partial charge on any atom is 0.418 e. The predicted molar refractivity (Wildman–Crippen MR) is 59.3 cm³/mol. The molecule has 1 atom stereocenters. The molecule has 0 saturated heterocycles. The highest BCUT2D eigenvalue weighted by atomic mass is 79.9. The van der Waals surface area contributed by atoms with Crippen molar-refractivity contribution in [3.05, 3.63) is 28.2 Å². The van der Waals surface area contributed by atoms with Gasteiger partial charge in [-0.05, 0) is 25.1 Å². The van der Waals surface area contributed by atoms with Gasteiger partial charge < -0.3 is 10.4 Å². The van der Waals surface area contributed by atoms with Crippen LogP contribution >= 0.6 is 15.9 Å². The number of benzene rings is 1. The molecule has 6 heteroatoms. The molecule has 0 spiro atoms. The third kappa shape index (κ3) is 3.38. The van der Waals surface area contributed by atoms with E-state index in [1.165, 1.54) is 12.1 Å². The Morgan fingerprint density at radius 2 is 2.06 bits per heavy atom. The van der Waals surface area contributed by atoms with Gasteiger partial charge in [-0.1, -0.05) is 15.9 Å². The Morgan fingerprint density at radius 1 is 1.44 bits per heavy atom. The van der Waals surface area contributed by atoms with Gasteiger partial charge in [-0.25, -0.2) is 0 Å². The van der Waals surface area contributed by atoms with E-state index in [-0.39, 0.29) is 12.3 Å². The fourth-order valence-corrected chi connectivity index (χ4v) is 1.55. The third-order valence-electron chi connectivity index (χ3n) is 1.96. The number of aliphatic hydroxyl groups excluding tert-OH is 1. The van der Waals surface area contributed by atoms with Crippen LogP contribution in [0.4, 0.5) is 18.9 Å². The van der Waals surface area contributed by atoms with Gasteiger partial charge in [0.1, 0.15) is 0 Å². The molecule has 0 amide bonds. The average Bonchev–Trinajstić information content (AvgIpc) is 2.19. The SMILES string of the molecule is CC(CO)Nc1ccc(Br)cc1C(F)(F)F. The summed E-state index contributed by atoms with van der Waals surface area (Å²) < 4.78 is 38.3. The molecule has 1 unspecified atom stereocenters. The monoisotopic (exact) mass is 297 g/mol. The summed E-state index contributed by atoms with van der Waals surface area (Å²) in [6.45, 7) is 1.37. The van der Waals surface area contributed by atoms with Crippen LogP contribution in [0.1, 0.15) is 12.5 Å². The van der Waals surface area contributed by atoms with Gasteiger partial charge in [0.15, 0.2) is 0 Å². The number of alkyl halides is 3. The molecular formula is C10H11BrF3NO. The van der Waals surface area contributed by atoms with Gasteiger partial charge in [0.25, 0.3) is 0 Å². The second-order valence-corrected chi connectivity index (χ2v) is 4.33. The molecule has 2 N–H and O–H groups in total. The van der Waals surface area contributed by atoms with E-state index in [4.69, 9.17) is 5.11 Å². The summed E-state index contributed by atoms with van der Waals surface area (Å²) in [6, 6.07) is 3.43. The van der Waals surface area contributed by atoms with Crippen LogP contribution in [0.5, 0.6) is 0 Å². The Labute approximate surface area is 99.6 Å². The summed E-state index contributed by atoms with van der Waals surface area (Å²) >= 11 is 2.99. The van der Waals surface area contributed by atoms with Crippen LogP contribution in [0.3, 0.4) is 0 Å². The number of nitrogens with one attached hydrogen (secondary N) is 1. The zero-order valence-electron chi connectivity index (χ0n) is 8.48. The number of rotatable bonds is 3. The second kappa shape index (κ2) is 5.05. The van der Waals surface area contributed by atoms with Crippen molar-refractivity contribution < 1.29 is 18.3 Å². The fourth-order valence-electron chi connectivity index (χ4n) is 1.19. The first kappa shape index (κ1) is 13.3. The summed E-state index contributed by atoms with van der Waals surface area (Å²) in [5.74, 6) is 0. The van der Waals surface area contributed by atoms with Gasteiger partial charge in [0.05, 0.1) is 12.2 Å². The second-order valence-electron chi connectivity index (χ2n) is 3.42. The van der Waals surface area contributed by atoms with Gasteiger partial charge >= 0.3 is 6.18 Å². The van der Waals surface area contributed by atoms with E-state index in [1.807, 2.05) is 0 Å². The molecule has 1 aromatic carbocycles. The van der Waals surface area contributed by atoms with Crippen molar-refractivity contribution in [1.29, 1.82) is 0 Å². The quantitative estimate of drug-likeness (QED) is 0.897. The smallest absolute Gasteiger partial charge is 0.394 e. The molecule has 90 valence electrons. The minimum absolute atomic E-state index is 0.0303. The first-order valence-corrected chi connectivity index (χ1v) is 5.38. The normalized spacial score (nSPS) is 13.6. The van der Waals surface area contributed by atoms with Gasteiger partial charge in [0, 0.05) is 16.2 Å². The highest BCUT2D eigenvalue weighted by molar-refractivity contribution is 9.10. The Bertz CT molecular complexity index is 368. The molecule has 16 heavy (non-hydrogen) atoms. The molecule has 1 aromatic rings. The number of aliphatic hydroxyl groups is 1. The van der Waals surface area contributed by atoms with Crippen LogP contribution in [0.25, 0.3) is 0 Å². The summed E-state index contributed by atoms with van der Waals surface area (Å²) in [5, 5.41) is 11.4. The standard InChI is InChI=1S/C10H11BrF3NO/c1-6(5-16)15-9-3-2-7(11)4-8(9)10(12,13)14/h2-4,6,15-16H,5H2,1H3. The van der Waals surface area contributed by atoms with Crippen LogP contribution in [-0.2, 0) is 6.18 Å². The van der Waals surface area contributed by atoms with E-state index in [0.29, 0.717) is 4.47 Å². The van der Waals surface area contributed by atoms with Crippen molar-refractivity contribution >= 4 is 21.6 Å². The molecule has 0 aromatic heterocycles. The van der Waals surface area contributed by atoms with Crippen LogP contribution in [0.15, 0.2) is 22.7 Å². The molecule has 2 nitrogen and oxygen atoms in total. The highest BCUT2D eigenvalue weighted by Gasteiger charge is 2.33. The molecule has 0 aliphatic heterocycles. The predicted octanol–water partition coefficient (Wildman–Crippen LogP) is 3.26. The lowest BCUT2D eigenvalue weighted by atomic mass is 10.1. The molecule has 1 rings (SSSR count). The number of hydrogen-bond acceptors (Lipinski definition) is 2. The summed E-state index contributed by atoms with van der Waals surface area (Å²) in [4.78, 5) is 0. The molecule has 0 saturated carbocycles. The maximum atomic E-state index is 12.7. The van der Waals surface area contributed by atoms with Crippen LogP contribution in [0.2, 0.25) is 0 Å². The van der Waals surface area contributed by atoms with Gasteiger partial charge in [0.2, 0.25) is 0 Å². The Balaban J connectivity index is 3.08. The van der Waals surface area contributed by atoms with Crippen molar-refractivity contribution in [3.63, 3.8) is 0 Å². The number of halogens is 4. The van der Waals surface area contributed by atoms with Crippen LogP contribution in [-0.4, -0.2) is 17.8 Å². The first-order chi connectivity index (χ1) is 7.34. The van der Waals surface area contributed by atoms with Gasteiger partial charge in [-0.3, -0.25) is 0 Å². The topological polar surface area (TPSA) is 32.3 Å². The van der Waals surface area contributed by atoms with Crippen molar-refractivity contribution in [2.75, 3.05) is 11.9 Å². The zero-order valence-corrected chi connectivity index (χ0v) is 10.1. The fraction of sp³-hybridized carbons (Fsp3) is 0.400. The molecule has 0 heterocycles. The lowest BCUT2D eigenvalue weighted by Gasteiger charge is -2.18. The Morgan fingerprint density at radius 3 is 2.56 bits per heavy atom. The maximum absolute atomic E-state index is 12.7.